The van der Waals surface area contributed by atoms with Gasteiger partial charge in [-0.3, -0.25) is 9.59 Å². The van der Waals surface area contributed by atoms with Gasteiger partial charge in [-0.25, -0.2) is 8.42 Å². The zero-order valence-corrected chi connectivity index (χ0v) is 19.5. The minimum atomic E-state index is -3.92. The Bertz CT molecular complexity index is 1110. The Kier molecular flexibility index (Phi) is 6.55. The van der Waals surface area contributed by atoms with Crippen LogP contribution in [0, 0.1) is 0 Å². The summed E-state index contributed by atoms with van der Waals surface area (Å²) in [5, 5.41) is 10.0. The molecule has 3 heterocycles. The van der Waals surface area contributed by atoms with Crippen molar-refractivity contribution >= 4 is 33.2 Å². The number of nitrogens with one attached hydrogen (secondary N) is 1. The Morgan fingerprint density at radius 1 is 1.12 bits per heavy atom. The monoisotopic (exact) mass is 477 g/mol. The molecule has 2 aliphatic rings. The molecular weight excluding hydrogens is 450 g/mol. The molecule has 2 aliphatic heterocycles. The fraction of sp³-hybridized carbons (Fsp3) is 0.455. The van der Waals surface area contributed by atoms with Crippen LogP contribution < -0.4 is 4.72 Å². The second-order valence-corrected chi connectivity index (χ2v) is 11.2. The van der Waals surface area contributed by atoms with Crippen LogP contribution in [0.5, 0.6) is 5.75 Å². The van der Waals surface area contributed by atoms with E-state index in [-0.39, 0.29) is 21.8 Å². The molecule has 2 saturated heterocycles. The topological polar surface area (TPSA) is 107 Å². The predicted molar refractivity (Wildman–Crippen MR) is 122 cm³/mol. The highest BCUT2D eigenvalue weighted by Gasteiger charge is 2.40. The number of carbonyl (C=O) groups excluding carboxylic acids is 2. The number of nitrogens with zero attached hydrogens (tertiary/aromatic N) is 2. The van der Waals surface area contributed by atoms with Crippen LogP contribution in [-0.2, 0) is 19.6 Å². The molecule has 2 amide bonds. The standard InChI is InChI=1S/C22H27N3O5S2/c1-15(21(27)24-12-5-2-6-13-24)25-14-11-17(22(25)28)23-32(29,30)20-10-9-19(31-20)16-7-3-4-8-18(16)26/h3-4,7-10,15,17,23,26H,2,5-6,11-14H2,1H3/t15-,17-/m0/s1. The SMILES string of the molecule is C[C@@H](C(=O)N1CCCCC1)N1CC[C@H](NS(=O)(=O)c2ccc(-c3ccccc3O)s2)C1=O. The molecule has 10 heteroatoms. The van der Waals surface area contributed by atoms with E-state index in [1.54, 1.807) is 42.2 Å². The number of likely N-dealkylation sites (tertiary alicyclic amines) is 2. The summed E-state index contributed by atoms with van der Waals surface area (Å²) < 4.78 is 28.4. The van der Waals surface area contributed by atoms with Gasteiger partial charge in [-0.1, -0.05) is 12.1 Å². The average molecular weight is 478 g/mol. The molecule has 0 radical (unpaired) electrons. The normalized spacial score (nSPS) is 20.5. The van der Waals surface area contributed by atoms with Gasteiger partial charge in [0.2, 0.25) is 11.8 Å². The maximum atomic E-state index is 12.9. The second kappa shape index (κ2) is 9.21. The van der Waals surface area contributed by atoms with Gasteiger partial charge in [-0.2, -0.15) is 4.72 Å². The largest absolute Gasteiger partial charge is 0.507 e. The molecule has 4 rings (SSSR count). The zero-order chi connectivity index (χ0) is 22.9. The average Bonchev–Trinajstić information content (AvgIpc) is 3.42. The van der Waals surface area contributed by atoms with Crippen molar-refractivity contribution < 1.29 is 23.1 Å². The summed E-state index contributed by atoms with van der Waals surface area (Å²) in [5.41, 5.74) is 0.548. The summed E-state index contributed by atoms with van der Waals surface area (Å²) in [7, 11) is -3.92. The van der Waals surface area contributed by atoms with Crippen molar-refractivity contribution in [3.63, 3.8) is 0 Å². The fourth-order valence-corrected chi connectivity index (χ4v) is 6.82. The molecule has 8 nitrogen and oxygen atoms in total. The number of phenols is 1. The van der Waals surface area contributed by atoms with Crippen molar-refractivity contribution in [2.24, 2.45) is 0 Å². The lowest BCUT2D eigenvalue weighted by Gasteiger charge is -2.32. The summed E-state index contributed by atoms with van der Waals surface area (Å²) in [4.78, 5) is 29.6. The Hall–Kier alpha value is -2.43. The third-order valence-electron chi connectivity index (χ3n) is 6.05. The third-order valence-corrected chi connectivity index (χ3v) is 9.13. The van der Waals surface area contributed by atoms with E-state index in [1.165, 1.54) is 11.0 Å². The number of hydrogen-bond donors (Lipinski definition) is 2. The highest BCUT2D eigenvalue weighted by Crippen LogP contribution is 2.35. The number of para-hydroxylation sites is 1. The third kappa shape index (κ3) is 4.53. The van der Waals surface area contributed by atoms with E-state index < -0.39 is 22.1 Å². The number of aromatic hydroxyl groups is 1. The molecule has 0 spiro atoms. The number of amides is 2. The van der Waals surface area contributed by atoms with E-state index in [1.807, 2.05) is 0 Å². The van der Waals surface area contributed by atoms with Crippen molar-refractivity contribution in [1.82, 2.24) is 14.5 Å². The molecule has 2 aromatic rings. The van der Waals surface area contributed by atoms with E-state index in [0.29, 0.717) is 36.5 Å². The molecule has 1 aromatic carbocycles. The van der Waals surface area contributed by atoms with Crippen LogP contribution in [-0.4, -0.2) is 66.9 Å². The van der Waals surface area contributed by atoms with Gasteiger partial charge in [0.25, 0.3) is 10.0 Å². The van der Waals surface area contributed by atoms with Crippen molar-refractivity contribution in [1.29, 1.82) is 0 Å². The lowest BCUT2D eigenvalue weighted by Crippen LogP contribution is -2.51. The van der Waals surface area contributed by atoms with Gasteiger partial charge >= 0.3 is 0 Å². The van der Waals surface area contributed by atoms with Gasteiger partial charge in [0.1, 0.15) is 22.0 Å². The van der Waals surface area contributed by atoms with Crippen molar-refractivity contribution in [3.8, 4) is 16.2 Å². The fourth-order valence-electron chi connectivity index (χ4n) is 4.24. The number of phenolic OH excluding ortho intramolecular Hbond substituents is 1. The van der Waals surface area contributed by atoms with Gasteiger partial charge < -0.3 is 14.9 Å². The Labute approximate surface area is 191 Å². The summed E-state index contributed by atoms with van der Waals surface area (Å²) in [6, 6.07) is 8.31. The van der Waals surface area contributed by atoms with Crippen LogP contribution in [0.2, 0.25) is 0 Å². The van der Waals surface area contributed by atoms with Crippen LogP contribution >= 0.6 is 11.3 Å². The molecule has 2 fully saturated rings. The van der Waals surface area contributed by atoms with Gasteiger partial charge in [0, 0.05) is 30.1 Å². The Morgan fingerprint density at radius 3 is 2.56 bits per heavy atom. The molecule has 172 valence electrons. The molecule has 0 aliphatic carbocycles. The summed E-state index contributed by atoms with van der Waals surface area (Å²) in [5.74, 6) is -0.378. The lowest BCUT2D eigenvalue weighted by atomic mass is 10.1. The first-order valence-electron chi connectivity index (χ1n) is 10.8. The Morgan fingerprint density at radius 2 is 1.84 bits per heavy atom. The first kappa shape index (κ1) is 22.8. The van der Waals surface area contributed by atoms with E-state index in [0.717, 1.165) is 30.6 Å². The van der Waals surface area contributed by atoms with Gasteiger partial charge in [0.05, 0.1) is 0 Å². The molecule has 1 aromatic heterocycles. The van der Waals surface area contributed by atoms with Crippen LogP contribution in [0.4, 0.5) is 0 Å². The van der Waals surface area contributed by atoms with Crippen molar-refractivity contribution in [3.05, 3.63) is 36.4 Å². The Balaban J connectivity index is 1.43. The molecule has 2 N–H and O–H groups in total. The van der Waals surface area contributed by atoms with Crippen LogP contribution in [0.25, 0.3) is 10.4 Å². The smallest absolute Gasteiger partial charge is 0.250 e. The van der Waals surface area contributed by atoms with Crippen LogP contribution in [0.15, 0.2) is 40.6 Å². The lowest BCUT2D eigenvalue weighted by molar-refractivity contribution is -0.143. The molecule has 32 heavy (non-hydrogen) atoms. The summed E-state index contributed by atoms with van der Waals surface area (Å²) in [6.07, 6.45) is 3.36. The first-order valence-corrected chi connectivity index (χ1v) is 13.1. The quantitative estimate of drug-likeness (QED) is 0.664. The zero-order valence-electron chi connectivity index (χ0n) is 17.9. The van der Waals surface area contributed by atoms with Gasteiger partial charge in [-0.15, -0.1) is 11.3 Å². The number of hydrogen-bond acceptors (Lipinski definition) is 6. The maximum absolute atomic E-state index is 12.9. The molecule has 0 saturated carbocycles. The summed E-state index contributed by atoms with van der Waals surface area (Å²) >= 11 is 1.03. The molecule has 0 bridgehead atoms. The van der Waals surface area contributed by atoms with Gasteiger partial charge in [-0.05, 0) is 56.9 Å². The van der Waals surface area contributed by atoms with E-state index >= 15 is 0 Å². The first-order chi connectivity index (χ1) is 15.3. The number of carbonyl (C=O) groups is 2. The van der Waals surface area contributed by atoms with Gasteiger partial charge in [0.15, 0.2) is 0 Å². The van der Waals surface area contributed by atoms with E-state index in [2.05, 4.69) is 4.72 Å². The minimum Gasteiger partial charge on any atom is -0.507 e. The number of sulfonamides is 1. The second-order valence-electron chi connectivity index (χ2n) is 8.19. The van der Waals surface area contributed by atoms with Crippen molar-refractivity contribution in [2.75, 3.05) is 19.6 Å². The molecule has 0 unspecified atom stereocenters. The number of benzene rings is 1. The number of rotatable bonds is 6. The molecular formula is C22H27N3O5S2. The number of thiophene rings is 1. The van der Waals surface area contributed by atoms with E-state index in [4.69, 9.17) is 0 Å². The van der Waals surface area contributed by atoms with E-state index in [9.17, 15) is 23.1 Å². The highest BCUT2D eigenvalue weighted by atomic mass is 32.2. The molecule has 2 atom stereocenters. The minimum absolute atomic E-state index is 0.0689. The maximum Gasteiger partial charge on any atom is 0.250 e. The van der Waals surface area contributed by atoms with Crippen LogP contribution in [0.1, 0.15) is 32.6 Å². The predicted octanol–water partition coefficient (Wildman–Crippen LogP) is 2.40. The highest BCUT2D eigenvalue weighted by molar-refractivity contribution is 7.91. The van der Waals surface area contributed by atoms with Crippen LogP contribution in [0.3, 0.4) is 0 Å². The number of piperidine rings is 1. The van der Waals surface area contributed by atoms with Crippen molar-refractivity contribution in [2.45, 2.75) is 48.9 Å². The summed E-state index contributed by atoms with van der Waals surface area (Å²) in [6.45, 7) is 3.46.